The summed E-state index contributed by atoms with van der Waals surface area (Å²) < 4.78 is 11.3. The van der Waals surface area contributed by atoms with Crippen molar-refractivity contribution in [2.75, 3.05) is 18.5 Å². The van der Waals surface area contributed by atoms with E-state index in [2.05, 4.69) is 21.4 Å². The zero-order valence-corrected chi connectivity index (χ0v) is 14.9. The normalized spacial score (nSPS) is 12.5. The van der Waals surface area contributed by atoms with Gasteiger partial charge in [0.1, 0.15) is 19.3 Å². The van der Waals surface area contributed by atoms with Crippen LogP contribution in [-0.2, 0) is 0 Å². The standard InChI is InChI=1S/C22H16N4O2/c23-11-16-12-24-13-18(14-1-4-20-21(10-14)28-8-7-27-20)22(16)26-17-2-3-19-15(9-17)5-6-25-19/h1-6,9-10,12-13,25H,7-8H2,(H,24,26). The van der Waals surface area contributed by atoms with Crippen LogP contribution in [0.15, 0.2) is 61.1 Å². The topological polar surface area (TPSA) is 83.0 Å². The Kier molecular flexibility index (Phi) is 3.84. The first-order chi connectivity index (χ1) is 13.8. The first kappa shape index (κ1) is 16.2. The lowest BCUT2D eigenvalue weighted by molar-refractivity contribution is 0.171. The minimum atomic E-state index is 0.474. The fourth-order valence-electron chi connectivity index (χ4n) is 3.39. The van der Waals surface area contributed by atoms with Gasteiger partial charge in [0.05, 0.1) is 11.3 Å². The summed E-state index contributed by atoms with van der Waals surface area (Å²) in [6.45, 7) is 1.07. The van der Waals surface area contributed by atoms with Gasteiger partial charge in [-0.1, -0.05) is 6.07 Å². The maximum Gasteiger partial charge on any atom is 0.161 e. The summed E-state index contributed by atoms with van der Waals surface area (Å²) in [4.78, 5) is 7.43. The molecule has 5 rings (SSSR count). The molecule has 136 valence electrons. The van der Waals surface area contributed by atoms with Gasteiger partial charge in [-0.3, -0.25) is 4.98 Å². The molecule has 0 spiro atoms. The molecule has 0 fully saturated rings. The number of anilines is 2. The second-order valence-electron chi connectivity index (χ2n) is 6.48. The molecule has 3 heterocycles. The molecule has 4 aromatic rings. The molecule has 0 amide bonds. The van der Waals surface area contributed by atoms with Crippen molar-refractivity contribution in [3.05, 3.63) is 66.6 Å². The van der Waals surface area contributed by atoms with E-state index in [1.807, 2.05) is 48.7 Å². The highest BCUT2D eigenvalue weighted by atomic mass is 16.6. The number of benzene rings is 2. The van der Waals surface area contributed by atoms with E-state index >= 15 is 0 Å². The first-order valence-corrected chi connectivity index (χ1v) is 8.94. The van der Waals surface area contributed by atoms with Crippen LogP contribution in [0.1, 0.15) is 5.56 Å². The fraction of sp³-hybridized carbons (Fsp3) is 0.0909. The van der Waals surface area contributed by atoms with Crippen molar-refractivity contribution < 1.29 is 9.47 Å². The average Bonchev–Trinajstić information content (AvgIpc) is 3.21. The zero-order valence-electron chi connectivity index (χ0n) is 14.9. The van der Waals surface area contributed by atoms with Gasteiger partial charge in [-0.25, -0.2) is 0 Å². The van der Waals surface area contributed by atoms with E-state index < -0.39 is 0 Å². The Hall–Kier alpha value is -3.98. The minimum Gasteiger partial charge on any atom is -0.486 e. The van der Waals surface area contributed by atoms with Gasteiger partial charge >= 0.3 is 0 Å². The number of nitrogens with one attached hydrogen (secondary N) is 2. The number of hydrogen-bond donors (Lipinski definition) is 2. The summed E-state index contributed by atoms with van der Waals surface area (Å²) in [6, 6.07) is 16.0. The summed E-state index contributed by atoms with van der Waals surface area (Å²) in [6.07, 6.45) is 5.23. The molecule has 6 nitrogen and oxygen atoms in total. The van der Waals surface area contributed by atoms with Crippen LogP contribution in [0.5, 0.6) is 11.5 Å². The molecule has 2 aromatic heterocycles. The molecule has 0 atom stereocenters. The van der Waals surface area contributed by atoms with E-state index in [4.69, 9.17) is 9.47 Å². The van der Waals surface area contributed by atoms with E-state index in [9.17, 15) is 5.26 Å². The number of aromatic nitrogens is 2. The Bertz CT molecular complexity index is 1220. The van der Waals surface area contributed by atoms with Gasteiger partial charge in [0, 0.05) is 40.7 Å². The number of aromatic amines is 1. The molecular formula is C22H16N4O2. The molecule has 0 unspecified atom stereocenters. The predicted octanol–water partition coefficient (Wildman–Crippen LogP) is 4.62. The van der Waals surface area contributed by atoms with Crippen LogP contribution >= 0.6 is 0 Å². The molecule has 1 aliphatic heterocycles. The number of pyridine rings is 1. The number of ether oxygens (including phenoxy) is 2. The number of fused-ring (bicyclic) bond motifs is 2. The number of hydrogen-bond acceptors (Lipinski definition) is 5. The van der Waals surface area contributed by atoms with Crippen molar-refractivity contribution in [1.29, 1.82) is 5.26 Å². The van der Waals surface area contributed by atoms with Gasteiger partial charge in [0.2, 0.25) is 0 Å². The Morgan fingerprint density at radius 3 is 2.79 bits per heavy atom. The van der Waals surface area contributed by atoms with Gasteiger partial charge < -0.3 is 19.8 Å². The number of H-pyrrole nitrogens is 1. The Balaban J connectivity index is 1.60. The number of nitriles is 1. The SMILES string of the molecule is N#Cc1cncc(-c2ccc3c(c2)OCCO3)c1Nc1ccc2[nH]ccc2c1. The number of nitrogens with zero attached hydrogens (tertiary/aromatic N) is 2. The average molecular weight is 368 g/mol. The first-order valence-electron chi connectivity index (χ1n) is 8.94. The third-order valence-electron chi connectivity index (χ3n) is 4.74. The summed E-state index contributed by atoms with van der Waals surface area (Å²) in [7, 11) is 0. The maximum atomic E-state index is 9.62. The van der Waals surface area contributed by atoms with Gasteiger partial charge in [-0.15, -0.1) is 0 Å². The maximum absolute atomic E-state index is 9.62. The van der Waals surface area contributed by atoms with Crippen molar-refractivity contribution in [1.82, 2.24) is 9.97 Å². The molecule has 2 N–H and O–H groups in total. The van der Waals surface area contributed by atoms with Crippen LogP contribution in [0.3, 0.4) is 0 Å². The summed E-state index contributed by atoms with van der Waals surface area (Å²) in [5.41, 5.74) is 4.87. The second kappa shape index (κ2) is 6.63. The smallest absolute Gasteiger partial charge is 0.161 e. The molecular weight excluding hydrogens is 352 g/mol. The van der Waals surface area contributed by atoms with Crippen LogP contribution in [0, 0.1) is 11.3 Å². The van der Waals surface area contributed by atoms with Gasteiger partial charge in [-0.05, 0) is 42.0 Å². The number of rotatable bonds is 3. The highest BCUT2D eigenvalue weighted by molar-refractivity contribution is 5.88. The van der Waals surface area contributed by atoms with Crippen molar-refractivity contribution in [3.8, 4) is 28.7 Å². The quantitative estimate of drug-likeness (QED) is 0.551. The van der Waals surface area contributed by atoms with E-state index in [1.54, 1.807) is 12.4 Å². The monoisotopic (exact) mass is 368 g/mol. The highest BCUT2D eigenvalue weighted by Crippen LogP contribution is 2.38. The van der Waals surface area contributed by atoms with Crippen LogP contribution in [-0.4, -0.2) is 23.2 Å². The van der Waals surface area contributed by atoms with Gasteiger partial charge in [-0.2, -0.15) is 5.26 Å². The lowest BCUT2D eigenvalue weighted by Gasteiger charge is -2.20. The summed E-state index contributed by atoms with van der Waals surface area (Å²) in [5.74, 6) is 1.43. The molecule has 0 radical (unpaired) electrons. The minimum absolute atomic E-state index is 0.474. The predicted molar refractivity (Wildman–Crippen MR) is 107 cm³/mol. The largest absolute Gasteiger partial charge is 0.486 e. The molecule has 0 bridgehead atoms. The van der Waals surface area contributed by atoms with Gasteiger partial charge in [0.15, 0.2) is 11.5 Å². The molecule has 0 aliphatic carbocycles. The van der Waals surface area contributed by atoms with E-state index in [0.717, 1.165) is 33.5 Å². The molecule has 28 heavy (non-hydrogen) atoms. The van der Waals surface area contributed by atoms with Crippen molar-refractivity contribution in [2.24, 2.45) is 0 Å². The molecule has 1 aliphatic rings. The third-order valence-corrected chi connectivity index (χ3v) is 4.74. The van der Waals surface area contributed by atoms with E-state index in [0.29, 0.717) is 30.2 Å². The van der Waals surface area contributed by atoms with Crippen molar-refractivity contribution in [2.45, 2.75) is 0 Å². The van der Waals surface area contributed by atoms with Crippen LogP contribution in [0.25, 0.3) is 22.0 Å². The molecule has 6 heteroatoms. The van der Waals surface area contributed by atoms with Gasteiger partial charge in [0.25, 0.3) is 0 Å². The fourth-order valence-corrected chi connectivity index (χ4v) is 3.39. The van der Waals surface area contributed by atoms with Crippen LogP contribution in [0.2, 0.25) is 0 Å². The lowest BCUT2D eigenvalue weighted by Crippen LogP contribution is -2.15. The van der Waals surface area contributed by atoms with Crippen molar-refractivity contribution in [3.63, 3.8) is 0 Å². The highest BCUT2D eigenvalue weighted by Gasteiger charge is 2.16. The zero-order chi connectivity index (χ0) is 18.9. The Labute approximate surface area is 161 Å². The molecule has 0 saturated carbocycles. The third kappa shape index (κ3) is 2.79. The van der Waals surface area contributed by atoms with E-state index in [1.165, 1.54) is 0 Å². The van der Waals surface area contributed by atoms with Crippen LogP contribution < -0.4 is 14.8 Å². The second-order valence-corrected chi connectivity index (χ2v) is 6.48. The Morgan fingerprint density at radius 2 is 1.89 bits per heavy atom. The summed E-state index contributed by atoms with van der Waals surface area (Å²) in [5, 5.41) is 14.1. The molecule has 0 saturated heterocycles. The molecule has 2 aromatic carbocycles. The van der Waals surface area contributed by atoms with E-state index in [-0.39, 0.29) is 0 Å². The van der Waals surface area contributed by atoms with Crippen LogP contribution in [0.4, 0.5) is 11.4 Å². The van der Waals surface area contributed by atoms with Crippen molar-refractivity contribution >= 4 is 22.3 Å². The summed E-state index contributed by atoms with van der Waals surface area (Å²) >= 11 is 0. The Morgan fingerprint density at radius 1 is 1.00 bits per heavy atom. The lowest BCUT2D eigenvalue weighted by atomic mass is 10.0.